The third-order valence-electron chi connectivity index (χ3n) is 3.99. The Hall–Kier alpha value is -2.19. The van der Waals surface area contributed by atoms with Crippen molar-refractivity contribution in [2.24, 2.45) is 5.10 Å². The zero-order chi connectivity index (χ0) is 19.3. The largest absolute Gasteiger partial charge is 0.465 e. The number of nitrogens with zero attached hydrogens (tertiary/aromatic N) is 1. The highest BCUT2D eigenvalue weighted by molar-refractivity contribution is 8.21. The molecule has 2 heterocycles. The number of nitrogens with one attached hydrogen (secondary N) is 1. The fourth-order valence-corrected chi connectivity index (χ4v) is 5.54. The predicted octanol–water partition coefficient (Wildman–Crippen LogP) is 3.77. The molecule has 1 aromatic carbocycles. The molecule has 6 nitrogen and oxygen atoms in total. The van der Waals surface area contributed by atoms with Crippen molar-refractivity contribution in [1.29, 1.82) is 0 Å². The highest BCUT2D eigenvalue weighted by Gasteiger charge is 2.32. The number of carbonyl (C=O) groups is 2. The second-order valence-corrected chi connectivity index (χ2v) is 9.49. The van der Waals surface area contributed by atoms with Crippen LogP contribution in [0.3, 0.4) is 0 Å². The Morgan fingerprint density at radius 1 is 1.26 bits per heavy atom. The van der Waals surface area contributed by atoms with Crippen LogP contribution in [-0.2, 0) is 9.53 Å². The lowest BCUT2D eigenvalue weighted by Gasteiger charge is -2.19. The van der Waals surface area contributed by atoms with Crippen LogP contribution in [-0.4, -0.2) is 40.8 Å². The molecule has 0 bridgehead atoms. The van der Waals surface area contributed by atoms with Gasteiger partial charge < -0.3 is 9.15 Å². The normalized spacial score (nSPS) is 15.8. The fourth-order valence-electron chi connectivity index (χ4n) is 2.71. The SMILES string of the molecule is COC(=O)c1ccccc1-c1ccc(/C=N\NC(=O)CC2(C)SCCS2)o1. The molecule has 1 amide bonds. The first-order chi connectivity index (χ1) is 13.0. The number of carbonyl (C=O) groups excluding carboxylic acids is 2. The number of amides is 1. The highest BCUT2D eigenvalue weighted by atomic mass is 32.2. The maximum atomic E-state index is 12.0. The van der Waals surface area contributed by atoms with Crippen molar-refractivity contribution in [3.05, 3.63) is 47.7 Å². The Morgan fingerprint density at radius 2 is 2.00 bits per heavy atom. The van der Waals surface area contributed by atoms with Crippen LogP contribution in [0.5, 0.6) is 0 Å². The summed E-state index contributed by atoms with van der Waals surface area (Å²) in [5.41, 5.74) is 3.60. The molecule has 0 aliphatic carbocycles. The van der Waals surface area contributed by atoms with Gasteiger partial charge in [0.1, 0.15) is 11.5 Å². The number of hydrazone groups is 1. The molecule has 2 aromatic rings. The van der Waals surface area contributed by atoms with Gasteiger partial charge in [0.2, 0.25) is 5.91 Å². The Kier molecular flexibility index (Phi) is 6.28. The quantitative estimate of drug-likeness (QED) is 0.448. The molecule has 1 aliphatic heterocycles. The molecular formula is C19H20N2O4S2. The van der Waals surface area contributed by atoms with Gasteiger partial charge >= 0.3 is 5.97 Å². The van der Waals surface area contributed by atoms with Crippen LogP contribution in [0.15, 0.2) is 45.9 Å². The van der Waals surface area contributed by atoms with Crippen LogP contribution >= 0.6 is 23.5 Å². The van der Waals surface area contributed by atoms with E-state index < -0.39 is 5.97 Å². The minimum atomic E-state index is -0.430. The monoisotopic (exact) mass is 404 g/mol. The van der Waals surface area contributed by atoms with Gasteiger partial charge in [-0.05, 0) is 25.1 Å². The summed E-state index contributed by atoms with van der Waals surface area (Å²) >= 11 is 3.61. The first kappa shape index (κ1) is 19.6. The van der Waals surface area contributed by atoms with E-state index in [0.717, 1.165) is 11.5 Å². The predicted molar refractivity (Wildman–Crippen MR) is 109 cm³/mol. The zero-order valence-corrected chi connectivity index (χ0v) is 16.7. The van der Waals surface area contributed by atoms with Crippen molar-refractivity contribution in [3.63, 3.8) is 0 Å². The molecule has 0 unspecified atom stereocenters. The average Bonchev–Trinajstić information content (AvgIpc) is 3.30. The Bertz CT molecular complexity index is 857. The molecule has 1 aliphatic rings. The van der Waals surface area contributed by atoms with Gasteiger partial charge in [-0.1, -0.05) is 18.2 Å². The van der Waals surface area contributed by atoms with Crippen molar-refractivity contribution < 1.29 is 18.7 Å². The number of rotatable bonds is 6. The van der Waals surface area contributed by atoms with Crippen LogP contribution in [0, 0.1) is 0 Å². The number of methoxy groups -OCH3 is 1. The van der Waals surface area contributed by atoms with E-state index in [-0.39, 0.29) is 9.99 Å². The lowest BCUT2D eigenvalue weighted by molar-refractivity contribution is -0.121. The smallest absolute Gasteiger partial charge is 0.338 e. The first-order valence-electron chi connectivity index (χ1n) is 8.38. The number of ether oxygens (including phenoxy) is 1. The van der Waals surface area contributed by atoms with E-state index >= 15 is 0 Å². The summed E-state index contributed by atoms with van der Waals surface area (Å²) in [6, 6.07) is 10.5. The van der Waals surface area contributed by atoms with E-state index in [1.807, 2.05) is 6.07 Å². The molecule has 1 aromatic heterocycles. The second-order valence-electron chi connectivity index (χ2n) is 6.04. The van der Waals surface area contributed by atoms with Gasteiger partial charge in [-0.3, -0.25) is 4.79 Å². The van der Waals surface area contributed by atoms with E-state index in [2.05, 4.69) is 17.5 Å². The Balaban J connectivity index is 1.64. The summed E-state index contributed by atoms with van der Waals surface area (Å²) in [7, 11) is 1.34. The first-order valence-corrected chi connectivity index (χ1v) is 10.4. The molecule has 1 N–H and O–H groups in total. The summed E-state index contributed by atoms with van der Waals surface area (Å²) in [5, 5.41) is 3.97. The fraction of sp³-hybridized carbons (Fsp3) is 0.316. The molecule has 142 valence electrons. The Labute approximate surface area is 166 Å². The van der Waals surface area contributed by atoms with E-state index in [9.17, 15) is 9.59 Å². The van der Waals surface area contributed by atoms with Crippen LogP contribution in [0.2, 0.25) is 0 Å². The topological polar surface area (TPSA) is 80.9 Å². The molecule has 1 fully saturated rings. The van der Waals surface area contributed by atoms with Gasteiger partial charge in [0.15, 0.2) is 0 Å². The van der Waals surface area contributed by atoms with Gasteiger partial charge in [-0.2, -0.15) is 5.10 Å². The summed E-state index contributed by atoms with van der Waals surface area (Å²) in [5.74, 6) is 2.58. The highest BCUT2D eigenvalue weighted by Crippen LogP contribution is 2.45. The Morgan fingerprint density at radius 3 is 2.74 bits per heavy atom. The number of benzene rings is 1. The van der Waals surface area contributed by atoms with Gasteiger partial charge in [-0.15, -0.1) is 23.5 Å². The minimum Gasteiger partial charge on any atom is -0.465 e. The number of esters is 1. The molecule has 0 radical (unpaired) electrons. The van der Waals surface area contributed by atoms with E-state index in [1.54, 1.807) is 53.9 Å². The van der Waals surface area contributed by atoms with Crippen LogP contribution in [0.25, 0.3) is 11.3 Å². The molecule has 8 heteroatoms. The molecule has 0 saturated carbocycles. The lowest BCUT2D eigenvalue weighted by atomic mass is 10.1. The van der Waals surface area contributed by atoms with E-state index in [1.165, 1.54) is 13.3 Å². The van der Waals surface area contributed by atoms with Crippen LogP contribution in [0.4, 0.5) is 0 Å². The standard InChI is InChI=1S/C19H20N2O4S2/c1-19(26-9-10-27-19)11-17(22)21-20-12-13-7-8-16(25-13)14-5-3-4-6-15(14)18(23)24-2/h3-8,12H,9-11H2,1-2H3,(H,21,22)/b20-12-. The van der Waals surface area contributed by atoms with Crippen molar-refractivity contribution in [2.45, 2.75) is 17.4 Å². The number of thioether (sulfide) groups is 2. The maximum Gasteiger partial charge on any atom is 0.338 e. The number of hydrogen-bond donors (Lipinski definition) is 1. The summed E-state index contributed by atoms with van der Waals surface area (Å²) in [6.07, 6.45) is 1.86. The zero-order valence-electron chi connectivity index (χ0n) is 15.1. The second kappa shape index (κ2) is 8.67. The summed E-state index contributed by atoms with van der Waals surface area (Å²) < 4.78 is 10.5. The van der Waals surface area contributed by atoms with Gasteiger partial charge in [0, 0.05) is 17.1 Å². The van der Waals surface area contributed by atoms with E-state index in [0.29, 0.717) is 29.1 Å². The molecule has 0 spiro atoms. The van der Waals surface area contributed by atoms with Crippen molar-refractivity contribution in [3.8, 4) is 11.3 Å². The van der Waals surface area contributed by atoms with Crippen molar-refractivity contribution in [2.75, 3.05) is 18.6 Å². The van der Waals surface area contributed by atoms with Gasteiger partial charge in [0.25, 0.3) is 0 Å². The summed E-state index contributed by atoms with van der Waals surface area (Å²) in [6.45, 7) is 2.08. The van der Waals surface area contributed by atoms with Crippen molar-refractivity contribution >= 4 is 41.6 Å². The third-order valence-corrected chi connectivity index (χ3v) is 7.28. The molecule has 3 rings (SSSR count). The molecule has 27 heavy (non-hydrogen) atoms. The third kappa shape index (κ3) is 4.95. The van der Waals surface area contributed by atoms with Crippen LogP contribution in [0.1, 0.15) is 29.5 Å². The number of hydrogen-bond acceptors (Lipinski definition) is 7. The van der Waals surface area contributed by atoms with Gasteiger partial charge in [0.05, 0.1) is 29.4 Å². The average molecular weight is 405 g/mol. The summed E-state index contributed by atoms with van der Waals surface area (Å²) in [4.78, 5) is 23.9. The lowest BCUT2D eigenvalue weighted by Crippen LogP contribution is -2.26. The minimum absolute atomic E-state index is 0.0744. The number of furan rings is 1. The van der Waals surface area contributed by atoms with Crippen LogP contribution < -0.4 is 5.43 Å². The van der Waals surface area contributed by atoms with Crippen molar-refractivity contribution in [1.82, 2.24) is 5.43 Å². The van der Waals surface area contributed by atoms with E-state index in [4.69, 9.17) is 9.15 Å². The van der Waals surface area contributed by atoms with Gasteiger partial charge in [-0.25, -0.2) is 10.2 Å². The molecule has 1 saturated heterocycles. The maximum absolute atomic E-state index is 12.0. The molecule has 0 atom stereocenters. The molecular weight excluding hydrogens is 384 g/mol.